The number of rotatable bonds is 4. The van der Waals surface area contributed by atoms with Crippen LogP contribution in [0.1, 0.15) is 10.5 Å². The first-order valence-electron chi connectivity index (χ1n) is 5.62. The zero-order valence-corrected chi connectivity index (χ0v) is 11.2. The third kappa shape index (κ3) is 3.17. The molecule has 0 fully saturated rings. The summed E-state index contributed by atoms with van der Waals surface area (Å²) in [7, 11) is 1.52. The standard InChI is InChI=1S/C13H13N3O2S/c1-16(7-11(14)17)13(18)10-8-19-12(15-10)9-5-3-2-4-6-9/h2-6,8H,7H2,1H3,(H2,14,17). The second-order valence-electron chi connectivity index (χ2n) is 4.03. The molecule has 0 unspecified atom stereocenters. The van der Waals surface area contributed by atoms with Gasteiger partial charge in [0.25, 0.3) is 5.91 Å². The summed E-state index contributed by atoms with van der Waals surface area (Å²) in [5, 5.41) is 2.46. The summed E-state index contributed by atoms with van der Waals surface area (Å²) in [6.45, 7) is -0.114. The van der Waals surface area contributed by atoms with Crippen molar-refractivity contribution in [1.29, 1.82) is 0 Å². The van der Waals surface area contributed by atoms with Crippen LogP contribution in [0.5, 0.6) is 0 Å². The minimum absolute atomic E-state index is 0.114. The molecule has 2 rings (SSSR count). The van der Waals surface area contributed by atoms with Gasteiger partial charge >= 0.3 is 0 Å². The maximum Gasteiger partial charge on any atom is 0.273 e. The third-order valence-corrected chi connectivity index (χ3v) is 3.38. The van der Waals surface area contributed by atoms with Crippen molar-refractivity contribution < 1.29 is 9.59 Å². The van der Waals surface area contributed by atoms with E-state index in [0.29, 0.717) is 5.69 Å². The molecule has 0 radical (unpaired) electrons. The van der Waals surface area contributed by atoms with Crippen LogP contribution in [0.4, 0.5) is 0 Å². The monoisotopic (exact) mass is 275 g/mol. The van der Waals surface area contributed by atoms with Gasteiger partial charge in [-0.15, -0.1) is 11.3 Å². The van der Waals surface area contributed by atoms with Gasteiger partial charge < -0.3 is 10.6 Å². The van der Waals surface area contributed by atoms with Gasteiger partial charge in [-0.2, -0.15) is 0 Å². The lowest BCUT2D eigenvalue weighted by molar-refractivity contribution is -0.118. The lowest BCUT2D eigenvalue weighted by atomic mass is 10.2. The summed E-state index contributed by atoms with van der Waals surface area (Å²) in [4.78, 5) is 28.3. The van der Waals surface area contributed by atoms with Crippen LogP contribution in [-0.2, 0) is 4.79 Å². The summed E-state index contributed by atoms with van der Waals surface area (Å²) in [5.74, 6) is -0.855. The molecule has 2 aromatic rings. The largest absolute Gasteiger partial charge is 0.368 e. The highest BCUT2D eigenvalue weighted by Crippen LogP contribution is 2.23. The molecule has 0 aliphatic heterocycles. The van der Waals surface area contributed by atoms with E-state index in [1.807, 2.05) is 30.3 Å². The Bertz CT molecular complexity index is 595. The van der Waals surface area contributed by atoms with Gasteiger partial charge in [0.05, 0.1) is 6.54 Å². The quantitative estimate of drug-likeness (QED) is 0.915. The average Bonchev–Trinajstić information content (AvgIpc) is 2.87. The molecule has 6 heteroatoms. The van der Waals surface area contributed by atoms with Gasteiger partial charge in [-0.1, -0.05) is 30.3 Å². The van der Waals surface area contributed by atoms with Gasteiger partial charge in [0, 0.05) is 18.0 Å². The molecule has 0 aliphatic carbocycles. The number of aromatic nitrogens is 1. The molecule has 1 aromatic heterocycles. The van der Waals surface area contributed by atoms with Crippen LogP contribution in [0.15, 0.2) is 35.7 Å². The minimum atomic E-state index is -0.547. The Balaban J connectivity index is 2.17. The lowest BCUT2D eigenvalue weighted by Crippen LogP contribution is -2.35. The number of carbonyl (C=O) groups excluding carboxylic acids is 2. The first-order valence-corrected chi connectivity index (χ1v) is 6.50. The molecule has 19 heavy (non-hydrogen) atoms. The van der Waals surface area contributed by atoms with Crippen molar-refractivity contribution in [2.75, 3.05) is 13.6 Å². The topological polar surface area (TPSA) is 76.3 Å². The number of hydrogen-bond donors (Lipinski definition) is 1. The molecule has 0 saturated carbocycles. The van der Waals surface area contributed by atoms with E-state index in [0.717, 1.165) is 10.6 Å². The fraction of sp³-hybridized carbons (Fsp3) is 0.154. The van der Waals surface area contributed by atoms with E-state index in [9.17, 15) is 9.59 Å². The van der Waals surface area contributed by atoms with Gasteiger partial charge in [0.2, 0.25) is 5.91 Å². The molecule has 2 amide bonds. The molecule has 5 nitrogen and oxygen atoms in total. The lowest BCUT2D eigenvalue weighted by Gasteiger charge is -2.12. The molecule has 0 bridgehead atoms. The molecule has 0 spiro atoms. The number of thiazole rings is 1. The number of benzene rings is 1. The summed E-state index contributed by atoms with van der Waals surface area (Å²) in [5.41, 5.74) is 6.34. The van der Waals surface area contributed by atoms with E-state index < -0.39 is 5.91 Å². The van der Waals surface area contributed by atoms with Crippen molar-refractivity contribution in [3.8, 4) is 10.6 Å². The minimum Gasteiger partial charge on any atom is -0.368 e. The van der Waals surface area contributed by atoms with E-state index in [1.54, 1.807) is 5.38 Å². The first-order chi connectivity index (χ1) is 9.08. The van der Waals surface area contributed by atoms with Crippen molar-refractivity contribution >= 4 is 23.2 Å². The van der Waals surface area contributed by atoms with Gasteiger partial charge in [0.1, 0.15) is 10.7 Å². The highest BCUT2D eigenvalue weighted by molar-refractivity contribution is 7.13. The SMILES string of the molecule is CN(CC(N)=O)C(=O)c1csc(-c2ccccc2)n1. The predicted octanol–water partition coefficient (Wildman–Crippen LogP) is 1.37. The van der Waals surface area contributed by atoms with Crippen LogP contribution in [0.25, 0.3) is 10.6 Å². The Kier molecular flexibility index (Phi) is 3.91. The molecule has 2 N–H and O–H groups in total. The Morgan fingerprint density at radius 1 is 1.32 bits per heavy atom. The van der Waals surface area contributed by atoms with E-state index in [-0.39, 0.29) is 12.5 Å². The first kappa shape index (κ1) is 13.2. The van der Waals surface area contributed by atoms with Gasteiger partial charge in [-0.25, -0.2) is 4.98 Å². The number of amides is 2. The molecule has 1 aromatic carbocycles. The normalized spacial score (nSPS) is 10.2. The van der Waals surface area contributed by atoms with Crippen LogP contribution in [0.2, 0.25) is 0 Å². The second-order valence-corrected chi connectivity index (χ2v) is 4.89. The highest BCUT2D eigenvalue weighted by Gasteiger charge is 2.17. The molecule has 98 valence electrons. The Morgan fingerprint density at radius 2 is 2.00 bits per heavy atom. The Labute approximate surface area is 114 Å². The number of hydrogen-bond acceptors (Lipinski definition) is 4. The molecular weight excluding hydrogens is 262 g/mol. The molecule has 0 aliphatic rings. The summed E-state index contributed by atoms with van der Waals surface area (Å²) >= 11 is 1.39. The molecule has 1 heterocycles. The fourth-order valence-electron chi connectivity index (χ4n) is 1.59. The Morgan fingerprint density at radius 3 is 2.63 bits per heavy atom. The maximum absolute atomic E-state index is 12.0. The summed E-state index contributed by atoms with van der Waals surface area (Å²) in [6, 6.07) is 9.61. The smallest absolute Gasteiger partial charge is 0.273 e. The maximum atomic E-state index is 12.0. The summed E-state index contributed by atoms with van der Waals surface area (Å²) < 4.78 is 0. The van der Waals surface area contributed by atoms with E-state index >= 15 is 0 Å². The third-order valence-electron chi connectivity index (χ3n) is 2.48. The van der Waals surface area contributed by atoms with Crippen LogP contribution < -0.4 is 5.73 Å². The van der Waals surface area contributed by atoms with Crippen molar-refractivity contribution in [2.24, 2.45) is 5.73 Å². The zero-order chi connectivity index (χ0) is 13.8. The summed E-state index contributed by atoms with van der Waals surface area (Å²) in [6.07, 6.45) is 0. The average molecular weight is 275 g/mol. The van der Waals surface area contributed by atoms with Crippen molar-refractivity contribution in [3.05, 3.63) is 41.4 Å². The Hall–Kier alpha value is -2.21. The van der Waals surface area contributed by atoms with Crippen molar-refractivity contribution in [3.63, 3.8) is 0 Å². The second kappa shape index (κ2) is 5.62. The van der Waals surface area contributed by atoms with Gasteiger partial charge in [0.15, 0.2) is 0 Å². The van der Waals surface area contributed by atoms with Crippen LogP contribution >= 0.6 is 11.3 Å². The number of likely N-dealkylation sites (N-methyl/N-ethyl adjacent to an activating group) is 1. The van der Waals surface area contributed by atoms with Gasteiger partial charge in [-0.05, 0) is 0 Å². The fourth-order valence-corrected chi connectivity index (χ4v) is 2.39. The number of carbonyl (C=O) groups is 2. The molecule has 0 atom stereocenters. The molecular formula is C13H13N3O2S. The zero-order valence-electron chi connectivity index (χ0n) is 10.4. The number of nitrogens with zero attached hydrogens (tertiary/aromatic N) is 2. The molecule has 0 saturated heterocycles. The van der Waals surface area contributed by atoms with E-state index in [2.05, 4.69) is 4.98 Å². The highest BCUT2D eigenvalue weighted by atomic mass is 32.1. The van der Waals surface area contributed by atoms with Crippen LogP contribution in [0.3, 0.4) is 0 Å². The van der Waals surface area contributed by atoms with E-state index in [4.69, 9.17) is 5.73 Å². The predicted molar refractivity (Wildman–Crippen MR) is 73.7 cm³/mol. The van der Waals surface area contributed by atoms with Crippen LogP contribution in [-0.4, -0.2) is 35.3 Å². The van der Waals surface area contributed by atoms with Crippen LogP contribution in [0, 0.1) is 0 Å². The van der Waals surface area contributed by atoms with Crippen molar-refractivity contribution in [2.45, 2.75) is 0 Å². The number of nitrogens with two attached hydrogens (primary N) is 1. The van der Waals surface area contributed by atoms with Gasteiger partial charge in [-0.3, -0.25) is 9.59 Å². The van der Waals surface area contributed by atoms with Crippen molar-refractivity contribution in [1.82, 2.24) is 9.88 Å². The van der Waals surface area contributed by atoms with E-state index in [1.165, 1.54) is 23.3 Å². The number of primary amides is 1.